The molecule has 7 unspecified atom stereocenters. The molecule has 0 aliphatic carbocycles. The van der Waals surface area contributed by atoms with Crippen molar-refractivity contribution in [1.29, 1.82) is 0 Å². The molecule has 3 aromatic rings. The second-order valence-electron chi connectivity index (χ2n) is 12.9. The van der Waals surface area contributed by atoms with Crippen molar-refractivity contribution in [3.05, 3.63) is 46.6 Å². The van der Waals surface area contributed by atoms with E-state index in [0.29, 0.717) is 0 Å². The van der Waals surface area contributed by atoms with Gasteiger partial charge in [0, 0.05) is 17.7 Å². The van der Waals surface area contributed by atoms with Crippen molar-refractivity contribution in [2.24, 2.45) is 0 Å². The van der Waals surface area contributed by atoms with Crippen molar-refractivity contribution >= 4 is 11.0 Å². The molecule has 3 saturated heterocycles. The summed E-state index contributed by atoms with van der Waals surface area (Å²) < 4.78 is 39.2. The lowest BCUT2D eigenvalue weighted by atomic mass is 9.98. The van der Waals surface area contributed by atoms with E-state index in [1.54, 1.807) is 0 Å². The Bertz CT molecular complexity index is 1780. The molecular formula is C33H40O20. The van der Waals surface area contributed by atoms with Crippen LogP contribution >= 0.6 is 0 Å². The van der Waals surface area contributed by atoms with Crippen molar-refractivity contribution in [2.45, 2.75) is 99.0 Å². The minimum absolute atomic E-state index is 0.0356. The first-order valence-electron chi connectivity index (χ1n) is 16.4. The van der Waals surface area contributed by atoms with Crippen LogP contribution in [0.1, 0.15) is 6.92 Å². The highest BCUT2D eigenvalue weighted by Crippen LogP contribution is 2.38. The number of fused-ring (bicyclic) bond motifs is 1. The average molecular weight is 757 g/mol. The van der Waals surface area contributed by atoms with E-state index < -0.39 is 133 Å². The standard InChI is InChI=1S/C33H40O20/c1-10-19(37)23(41)26(44)31(48-10)47-9-17-21(39)25(43)28(46)33(52-17)53-30-22(40)18-14(36)6-12(35)7-15(18)50-29(30)11-2-4-13(5-3-11)49-32-27(45)24(42)20(38)16(8-34)51-32/h2-7,10,16-17,19-21,23-28,31-39,41-46H,8-9H2,1H3/t10?,16?,17?,19-,20+,21+,23-,24?,25?,26?,27+,28?,31+,32+,33-/m0/s1. The highest BCUT2D eigenvalue weighted by atomic mass is 16.7. The van der Waals surface area contributed by atoms with Crippen LogP contribution < -0.4 is 14.9 Å². The summed E-state index contributed by atoms with van der Waals surface area (Å²) in [5, 5.41) is 123. The number of rotatable bonds is 9. The molecule has 53 heavy (non-hydrogen) atoms. The number of hydrogen-bond acceptors (Lipinski definition) is 20. The molecule has 0 saturated carbocycles. The fourth-order valence-corrected chi connectivity index (χ4v) is 6.16. The van der Waals surface area contributed by atoms with Gasteiger partial charge in [0.15, 0.2) is 12.1 Å². The van der Waals surface area contributed by atoms with Gasteiger partial charge in [0.05, 0.1) is 19.3 Å². The van der Waals surface area contributed by atoms with E-state index >= 15 is 0 Å². The van der Waals surface area contributed by atoms with Crippen molar-refractivity contribution in [3.8, 4) is 34.3 Å². The van der Waals surface area contributed by atoms with E-state index in [0.717, 1.165) is 12.1 Å². The second kappa shape index (κ2) is 15.6. The maximum Gasteiger partial charge on any atom is 0.239 e. The highest BCUT2D eigenvalue weighted by molar-refractivity contribution is 5.88. The summed E-state index contributed by atoms with van der Waals surface area (Å²) >= 11 is 0. The van der Waals surface area contributed by atoms with Crippen molar-refractivity contribution < 1.29 is 94.1 Å². The summed E-state index contributed by atoms with van der Waals surface area (Å²) in [7, 11) is 0. The van der Waals surface area contributed by atoms with Gasteiger partial charge in [-0.3, -0.25) is 4.79 Å². The van der Waals surface area contributed by atoms with Crippen LogP contribution in [0.25, 0.3) is 22.3 Å². The van der Waals surface area contributed by atoms with E-state index in [1.165, 1.54) is 31.2 Å². The van der Waals surface area contributed by atoms with Gasteiger partial charge in [-0.2, -0.15) is 0 Å². The van der Waals surface area contributed by atoms with E-state index in [1.807, 2.05) is 0 Å². The number of benzene rings is 2. The van der Waals surface area contributed by atoms with Gasteiger partial charge in [-0.25, -0.2) is 0 Å². The Hall–Kier alpha value is -3.71. The molecule has 20 nitrogen and oxygen atoms in total. The molecule has 20 heteroatoms. The molecule has 6 rings (SSSR count). The Morgan fingerprint density at radius 3 is 1.87 bits per heavy atom. The quantitative estimate of drug-likeness (QED) is 0.0992. The molecule has 1 aromatic heterocycles. The number of aliphatic hydroxyl groups is 10. The van der Waals surface area contributed by atoms with Crippen LogP contribution in [0.5, 0.6) is 23.0 Å². The fraction of sp³-hybridized carbons (Fsp3) is 0.545. The third kappa shape index (κ3) is 7.52. The monoisotopic (exact) mass is 756 g/mol. The molecule has 3 aliphatic rings. The molecule has 12 N–H and O–H groups in total. The number of aromatic hydroxyl groups is 2. The maximum atomic E-state index is 13.9. The molecule has 3 aliphatic heterocycles. The highest BCUT2D eigenvalue weighted by Gasteiger charge is 2.48. The molecule has 0 bridgehead atoms. The molecular weight excluding hydrogens is 716 g/mol. The molecule has 0 radical (unpaired) electrons. The Morgan fingerprint density at radius 2 is 1.23 bits per heavy atom. The number of phenols is 2. The third-order valence-corrected chi connectivity index (χ3v) is 9.27. The van der Waals surface area contributed by atoms with Gasteiger partial charge >= 0.3 is 0 Å². The zero-order chi connectivity index (χ0) is 38.5. The van der Waals surface area contributed by atoms with Crippen molar-refractivity contribution in [3.63, 3.8) is 0 Å². The lowest BCUT2D eigenvalue weighted by molar-refractivity contribution is -0.318. The Balaban J connectivity index is 1.28. The Kier molecular flexibility index (Phi) is 11.5. The molecule has 15 atom stereocenters. The summed E-state index contributed by atoms with van der Waals surface area (Å²) in [6.07, 6.45) is -24.2. The van der Waals surface area contributed by atoms with E-state index in [2.05, 4.69) is 0 Å². The predicted octanol–water partition coefficient (Wildman–Crippen LogP) is -3.92. The number of hydrogen-bond donors (Lipinski definition) is 12. The zero-order valence-electron chi connectivity index (χ0n) is 27.7. The Labute approximate surface area is 298 Å². The van der Waals surface area contributed by atoms with E-state index in [4.69, 9.17) is 32.8 Å². The molecule has 2 aromatic carbocycles. The van der Waals surface area contributed by atoms with Crippen LogP contribution in [0.4, 0.5) is 0 Å². The first-order chi connectivity index (χ1) is 25.1. The molecule has 292 valence electrons. The molecule has 0 spiro atoms. The summed E-state index contributed by atoms with van der Waals surface area (Å²) in [6, 6.07) is 7.23. The van der Waals surface area contributed by atoms with Crippen LogP contribution in [0.3, 0.4) is 0 Å². The van der Waals surface area contributed by atoms with Crippen LogP contribution in [0.15, 0.2) is 45.6 Å². The summed E-state index contributed by atoms with van der Waals surface area (Å²) in [5.41, 5.74) is -1.23. The van der Waals surface area contributed by atoms with Crippen molar-refractivity contribution in [2.75, 3.05) is 13.2 Å². The Morgan fingerprint density at radius 1 is 0.660 bits per heavy atom. The van der Waals surface area contributed by atoms with Gasteiger partial charge < -0.3 is 94.1 Å². The van der Waals surface area contributed by atoms with Crippen LogP contribution in [0, 0.1) is 0 Å². The van der Waals surface area contributed by atoms with Gasteiger partial charge in [-0.1, -0.05) is 0 Å². The molecule has 4 heterocycles. The fourth-order valence-electron chi connectivity index (χ4n) is 6.16. The first-order valence-corrected chi connectivity index (χ1v) is 16.4. The van der Waals surface area contributed by atoms with Crippen LogP contribution in [-0.4, -0.2) is 167 Å². The third-order valence-electron chi connectivity index (χ3n) is 9.27. The van der Waals surface area contributed by atoms with Crippen molar-refractivity contribution in [1.82, 2.24) is 0 Å². The van der Waals surface area contributed by atoms with E-state index in [-0.39, 0.29) is 22.7 Å². The minimum Gasteiger partial charge on any atom is -0.508 e. The smallest absolute Gasteiger partial charge is 0.239 e. The van der Waals surface area contributed by atoms with Crippen LogP contribution in [0.2, 0.25) is 0 Å². The van der Waals surface area contributed by atoms with Gasteiger partial charge in [0.2, 0.25) is 23.8 Å². The molecule has 3 fully saturated rings. The topological polar surface area (TPSA) is 328 Å². The van der Waals surface area contributed by atoms with Crippen LogP contribution in [-0.2, 0) is 18.9 Å². The SMILES string of the molecule is CC1O[C@@H](OCC2O[C@@H](Oc3c(-c4ccc(O[C@@H]5OC(CO)[C@@H](O)C(O)[C@H]5O)cc4)oc4cc(O)cc(O)c4c3=O)C(O)C(O)[C@@H]2O)C(O)[C@@H](O)[C@H]1O. The summed E-state index contributed by atoms with van der Waals surface area (Å²) in [6.45, 7) is 0.101. The normalized spacial score (nSPS) is 37.8. The second-order valence-corrected chi connectivity index (χ2v) is 12.9. The van der Waals surface area contributed by atoms with E-state index in [9.17, 15) is 66.1 Å². The van der Waals surface area contributed by atoms with Gasteiger partial charge in [0.1, 0.15) is 95.4 Å². The lowest BCUT2D eigenvalue weighted by Crippen LogP contribution is -2.61. The average Bonchev–Trinajstić information content (AvgIpc) is 3.13. The van der Waals surface area contributed by atoms with Gasteiger partial charge in [-0.15, -0.1) is 0 Å². The predicted molar refractivity (Wildman–Crippen MR) is 171 cm³/mol. The first kappa shape index (κ1) is 39.0. The molecule has 0 amide bonds. The zero-order valence-corrected chi connectivity index (χ0v) is 27.7. The number of aliphatic hydroxyl groups excluding tert-OH is 10. The summed E-state index contributed by atoms with van der Waals surface area (Å²) in [4.78, 5) is 13.9. The largest absolute Gasteiger partial charge is 0.508 e. The number of phenolic OH excluding ortho intramolecular Hbond substituents is 2. The van der Waals surface area contributed by atoms with Gasteiger partial charge in [-0.05, 0) is 31.2 Å². The maximum absolute atomic E-state index is 13.9. The van der Waals surface area contributed by atoms with Gasteiger partial charge in [0.25, 0.3) is 0 Å². The minimum atomic E-state index is -2.00. The summed E-state index contributed by atoms with van der Waals surface area (Å²) in [5.74, 6) is -2.15. The lowest BCUT2D eigenvalue weighted by Gasteiger charge is -2.42. The number of ether oxygens (including phenoxy) is 6.